The van der Waals surface area contributed by atoms with E-state index in [-0.39, 0.29) is 11.5 Å². The molecule has 0 radical (unpaired) electrons. The largest absolute Gasteiger partial charge is 0.322 e. The number of nitrogens with one attached hydrogen (secondary N) is 2. The normalized spacial score (nSPS) is 10.5. The Morgan fingerprint density at radius 3 is 2.11 bits per heavy atom. The van der Waals surface area contributed by atoms with Crippen molar-refractivity contribution in [1.29, 1.82) is 0 Å². The van der Waals surface area contributed by atoms with Crippen molar-refractivity contribution in [2.45, 2.75) is 0 Å². The molecule has 0 heterocycles. The van der Waals surface area contributed by atoms with Gasteiger partial charge in [0.2, 0.25) is 0 Å². The quantitative estimate of drug-likeness (QED) is 0.270. The van der Waals surface area contributed by atoms with Gasteiger partial charge in [0.1, 0.15) is 0 Å². The maximum absolute atomic E-state index is 13.0. The summed E-state index contributed by atoms with van der Waals surface area (Å²) in [5.41, 5.74) is 3.68. The third-order valence-corrected chi connectivity index (χ3v) is 5.44. The van der Waals surface area contributed by atoms with Gasteiger partial charge in [-0.15, -0.1) is 12.8 Å². The maximum atomic E-state index is 13.0. The zero-order valence-electron chi connectivity index (χ0n) is 21.2. The Morgan fingerprint density at radius 1 is 0.838 bits per heavy atom. The van der Waals surface area contributed by atoms with Crippen molar-refractivity contribution in [2.75, 3.05) is 44.9 Å². The number of likely N-dealkylation sites (N-methyl/N-ethyl adjacent to an activating group) is 2. The van der Waals surface area contributed by atoms with E-state index in [2.05, 4.69) is 32.5 Å². The molecule has 3 aromatic carbocycles. The lowest BCUT2D eigenvalue weighted by atomic mass is 10.1. The molecule has 0 saturated carbocycles. The molecule has 0 bridgehead atoms. The Balaban J connectivity index is 1.72. The van der Waals surface area contributed by atoms with E-state index in [1.165, 1.54) is 0 Å². The predicted molar refractivity (Wildman–Crippen MR) is 150 cm³/mol. The second-order valence-electron chi connectivity index (χ2n) is 8.59. The Morgan fingerprint density at radius 2 is 1.49 bits per heavy atom. The minimum Gasteiger partial charge on any atom is -0.322 e. The number of carbonyl (C=O) groups excluding carboxylic acids is 2. The number of amides is 2. The van der Waals surface area contributed by atoms with Crippen LogP contribution in [-0.2, 0) is 0 Å². The van der Waals surface area contributed by atoms with Crippen molar-refractivity contribution in [3.05, 3.63) is 94.5 Å². The van der Waals surface area contributed by atoms with Gasteiger partial charge in [0.25, 0.3) is 11.8 Å². The van der Waals surface area contributed by atoms with Crippen LogP contribution in [0.15, 0.2) is 71.8 Å². The van der Waals surface area contributed by atoms with Crippen LogP contribution >= 0.6 is 0 Å². The lowest BCUT2D eigenvalue weighted by Gasteiger charge is -2.16. The van der Waals surface area contributed by atoms with Gasteiger partial charge in [-0.2, -0.15) is 5.10 Å². The van der Waals surface area contributed by atoms with Gasteiger partial charge < -0.3 is 15.5 Å². The highest BCUT2D eigenvalue weighted by molar-refractivity contribution is 6.12. The smallest absolute Gasteiger partial charge is 0.257 e. The summed E-state index contributed by atoms with van der Waals surface area (Å²) in [4.78, 5) is 28.1. The predicted octanol–water partition coefficient (Wildman–Crippen LogP) is 3.98. The van der Waals surface area contributed by atoms with Crippen molar-refractivity contribution >= 4 is 29.4 Å². The number of anilines is 2. The molecule has 3 rings (SSSR count). The van der Waals surface area contributed by atoms with Crippen LogP contribution in [0.3, 0.4) is 0 Å². The molecular formula is C30H29N5O2. The number of rotatable bonds is 9. The molecule has 0 atom stereocenters. The van der Waals surface area contributed by atoms with E-state index in [9.17, 15) is 9.59 Å². The summed E-state index contributed by atoms with van der Waals surface area (Å²) < 4.78 is 0. The lowest BCUT2D eigenvalue weighted by molar-refractivity contribution is 0.102. The van der Waals surface area contributed by atoms with Gasteiger partial charge in [0.05, 0.1) is 17.5 Å². The van der Waals surface area contributed by atoms with Crippen LogP contribution in [0.25, 0.3) is 0 Å². The van der Waals surface area contributed by atoms with Crippen molar-refractivity contribution < 1.29 is 9.59 Å². The van der Waals surface area contributed by atoms with Crippen LogP contribution in [0, 0.1) is 24.7 Å². The maximum Gasteiger partial charge on any atom is 0.257 e. The topological polar surface area (TPSA) is 77.0 Å². The number of hydrogen-bond acceptors (Lipinski definition) is 5. The van der Waals surface area contributed by atoms with Gasteiger partial charge in [0.15, 0.2) is 0 Å². The second-order valence-corrected chi connectivity index (χ2v) is 8.59. The summed E-state index contributed by atoms with van der Waals surface area (Å²) in [6.45, 7) is 1.70. The third-order valence-electron chi connectivity index (χ3n) is 5.44. The van der Waals surface area contributed by atoms with Gasteiger partial charge >= 0.3 is 0 Å². The van der Waals surface area contributed by atoms with E-state index in [4.69, 9.17) is 12.8 Å². The molecule has 7 heteroatoms. The Labute approximate surface area is 218 Å². The number of carbonyl (C=O) groups is 2. The van der Waals surface area contributed by atoms with Gasteiger partial charge in [-0.05, 0) is 74.3 Å². The number of nitrogens with zero attached hydrogens (tertiary/aromatic N) is 3. The van der Waals surface area contributed by atoms with Crippen molar-refractivity contribution in [2.24, 2.45) is 5.10 Å². The van der Waals surface area contributed by atoms with Crippen LogP contribution in [0.2, 0.25) is 0 Å². The standard InChI is InChI=1S/C30H29N5O2/c1-6-22-10-15-26(16-11-22)32-30(37)27-20-23(7-2)12-17-28(27)33-29(36)25-13-8-24(9-14-25)21-31-35(5)19-18-34(3)4/h1-2,8-17,20-21H,18-19H2,3-5H3,(H,32,37)(H,33,36). The molecule has 0 saturated heterocycles. The highest BCUT2D eigenvalue weighted by atomic mass is 16.2. The Bertz CT molecular complexity index is 1360. The number of terminal acetylenes is 2. The number of hydrogen-bond donors (Lipinski definition) is 2. The summed E-state index contributed by atoms with van der Waals surface area (Å²) in [5, 5.41) is 11.9. The number of benzene rings is 3. The molecule has 2 amide bonds. The third kappa shape index (κ3) is 7.83. The van der Waals surface area contributed by atoms with Gasteiger partial charge in [-0.25, -0.2) is 0 Å². The molecule has 0 unspecified atom stereocenters. The SMILES string of the molecule is C#Cc1ccc(NC(=O)c2cc(C#C)ccc2NC(=O)c2ccc(C=NN(C)CCN(C)C)cc2)cc1. The molecule has 0 aromatic heterocycles. The minimum atomic E-state index is -0.411. The lowest BCUT2D eigenvalue weighted by Crippen LogP contribution is -2.25. The molecule has 3 aromatic rings. The molecule has 0 spiro atoms. The zero-order chi connectivity index (χ0) is 26.8. The van der Waals surface area contributed by atoms with Crippen LogP contribution in [0.1, 0.15) is 37.4 Å². The number of hydrazone groups is 1. The first-order chi connectivity index (χ1) is 17.8. The van der Waals surface area contributed by atoms with E-state index in [0.717, 1.165) is 18.7 Å². The Kier molecular flexibility index (Phi) is 9.21. The van der Waals surface area contributed by atoms with Crippen LogP contribution < -0.4 is 10.6 Å². The zero-order valence-corrected chi connectivity index (χ0v) is 21.2. The first kappa shape index (κ1) is 26.7. The fourth-order valence-electron chi connectivity index (χ4n) is 3.26. The molecule has 7 nitrogen and oxygen atoms in total. The molecule has 0 fully saturated rings. The Hall–Kier alpha value is -4.85. The van der Waals surface area contributed by atoms with E-state index >= 15 is 0 Å². The highest BCUT2D eigenvalue weighted by Gasteiger charge is 2.16. The molecule has 0 aliphatic rings. The summed E-state index contributed by atoms with van der Waals surface area (Å²) in [6, 6.07) is 18.8. The van der Waals surface area contributed by atoms with Crippen LogP contribution in [0.5, 0.6) is 0 Å². The monoisotopic (exact) mass is 491 g/mol. The van der Waals surface area contributed by atoms with Crippen molar-refractivity contribution in [1.82, 2.24) is 9.91 Å². The van der Waals surface area contributed by atoms with E-state index in [1.54, 1.807) is 60.8 Å². The first-order valence-electron chi connectivity index (χ1n) is 11.6. The summed E-state index contributed by atoms with van der Waals surface area (Å²) in [6.07, 6.45) is 12.7. The average Bonchev–Trinajstić information content (AvgIpc) is 2.91. The fourth-order valence-corrected chi connectivity index (χ4v) is 3.26. The highest BCUT2D eigenvalue weighted by Crippen LogP contribution is 2.21. The van der Waals surface area contributed by atoms with Gasteiger partial charge in [0, 0.05) is 42.5 Å². The van der Waals surface area contributed by atoms with Gasteiger partial charge in [-0.3, -0.25) is 14.6 Å². The van der Waals surface area contributed by atoms with Crippen LogP contribution in [-0.4, -0.2) is 62.2 Å². The average molecular weight is 492 g/mol. The van der Waals surface area contributed by atoms with Crippen molar-refractivity contribution in [3.8, 4) is 24.7 Å². The van der Waals surface area contributed by atoms with E-state index < -0.39 is 5.91 Å². The van der Waals surface area contributed by atoms with Crippen molar-refractivity contribution in [3.63, 3.8) is 0 Å². The molecule has 186 valence electrons. The summed E-state index contributed by atoms with van der Waals surface area (Å²) >= 11 is 0. The fraction of sp³-hybridized carbons (Fsp3) is 0.167. The molecule has 37 heavy (non-hydrogen) atoms. The molecule has 0 aliphatic heterocycles. The summed E-state index contributed by atoms with van der Waals surface area (Å²) in [5.74, 6) is 4.29. The van der Waals surface area contributed by atoms with Gasteiger partial charge in [-0.1, -0.05) is 24.0 Å². The minimum absolute atomic E-state index is 0.245. The van der Waals surface area contributed by atoms with E-state index in [0.29, 0.717) is 28.1 Å². The summed E-state index contributed by atoms with van der Waals surface area (Å²) in [7, 11) is 5.94. The molecular weight excluding hydrogens is 462 g/mol. The molecule has 2 N–H and O–H groups in total. The first-order valence-corrected chi connectivity index (χ1v) is 11.6. The second kappa shape index (κ2) is 12.7. The molecule has 0 aliphatic carbocycles. The van der Waals surface area contributed by atoms with Crippen LogP contribution in [0.4, 0.5) is 11.4 Å². The van der Waals surface area contributed by atoms with E-state index in [1.807, 2.05) is 38.3 Å².